The Kier molecular flexibility index (Phi) is 3.62. The van der Waals surface area contributed by atoms with Crippen molar-refractivity contribution in [2.45, 2.75) is 44.7 Å². The standard InChI is InChI=1S/C15H20BrNO/c1-10-2-4-12(8-10)17-14-6-7-18-15-5-3-11(16)9-13(14)15/h3,5,9-10,12,14,17H,2,4,6-8H2,1H3. The van der Waals surface area contributed by atoms with Gasteiger partial charge in [0.15, 0.2) is 0 Å². The van der Waals surface area contributed by atoms with Gasteiger partial charge in [0, 0.05) is 28.5 Å². The number of hydrogen-bond donors (Lipinski definition) is 1. The number of halogens is 1. The molecule has 1 N–H and O–H groups in total. The maximum absolute atomic E-state index is 5.73. The highest BCUT2D eigenvalue weighted by Crippen LogP contribution is 2.36. The molecular weight excluding hydrogens is 290 g/mol. The summed E-state index contributed by atoms with van der Waals surface area (Å²) in [7, 11) is 0. The van der Waals surface area contributed by atoms with E-state index in [1.807, 2.05) is 0 Å². The minimum Gasteiger partial charge on any atom is -0.493 e. The summed E-state index contributed by atoms with van der Waals surface area (Å²) in [6.07, 6.45) is 5.09. The molecule has 3 unspecified atom stereocenters. The molecule has 1 aliphatic carbocycles. The number of nitrogens with one attached hydrogen (secondary N) is 1. The number of fused-ring (bicyclic) bond motifs is 1. The minimum absolute atomic E-state index is 0.460. The molecule has 1 heterocycles. The van der Waals surface area contributed by atoms with E-state index in [1.165, 1.54) is 24.8 Å². The van der Waals surface area contributed by atoms with Crippen LogP contribution in [0.3, 0.4) is 0 Å². The molecule has 0 bridgehead atoms. The number of benzene rings is 1. The molecular formula is C15H20BrNO. The Morgan fingerprint density at radius 1 is 1.28 bits per heavy atom. The van der Waals surface area contributed by atoms with Gasteiger partial charge >= 0.3 is 0 Å². The van der Waals surface area contributed by atoms with Gasteiger partial charge in [-0.25, -0.2) is 0 Å². The number of rotatable bonds is 2. The van der Waals surface area contributed by atoms with E-state index < -0.39 is 0 Å². The first-order chi connectivity index (χ1) is 8.72. The number of hydrogen-bond acceptors (Lipinski definition) is 2. The average molecular weight is 310 g/mol. The monoisotopic (exact) mass is 309 g/mol. The van der Waals surface area contributed by atoms with E-state index >= 15 is 0 Å². The van der Waals surface area contributed by atoms with Crippen molar-refractivity contribution in [3.63, 3.8) is 0 Å². The second-order valence-corrected chi connectivity index (χ2v) is 6.57. The second-order valence-electron chi connectivity index (χ2n) is 5.65. The molecule has 1 saturated carbocycles. The lowest BCUT2D eigenvalue weighted by molar-refractivity contribution is 0.243. The number of ether oxygens (including phenoxy) is 1. The fraction of sp³-hybridized carbons (Fsp3) is 0.600. The van der Waals surface area contributed by atoms with Crippen LogP contribution in [0.2, 0.25) is 0 Å². The van der Waals surface area contributed by atoms with Crippen molar-refractivity contribution >= 4 is 15.9 Å². The lowest BCUT2D eigenvalue weighted by atomic mass is 9.99. The van der Waals surface area contributed by atoms with Crippen LogP contribution in [-0.2, 0) is 0 Å². The van der Waals surface area contributed by atoms with Crippen molar-refractivity contribution < 1.29 is 4.74 Å². The van der Waals surface area contributed by atoms with E-state index in [2.05, 4.69) is 46.4 Å². The molecule has 3 heteroatoms. The Morgan fingerprint density at radius 2 is 2.17 bits per heavy atom. The van der Waals surface area contributed by atoms with Crippen LogP contribution in [0.25, 0.3) is 0 Å². The van der Waals surface area contributed by atoms with Gasteiger partial charge < -0.3 is 10.1 Å². The van der Waals surface area contributed by atoms with E-state index in [9.17, 15) is 0 Å². The van der Waals surface area contributed by atoms with Crippen LogP contribution >= 0.6 is 15.9 Å². The van der Waals surface area contributed by atoms with Crippen LogP contribution < -0.4 is 10.1 Å². The first-order valence-corrected chi connectivity index (χ1v) is 7.70. The van der Waals surface area contributed by atoms with E-state index in [1.54, 1.807) is 0 Å². The molecule has 1 fully saturated rings. The fourth-order valence-corrected chi connectivity index (χ4v) is 3.56. The molecule has 18 heavy (non-hydrogen) atoms. The molecule has 98 valence electrons. The molecule has 2 aliphatic rings. The Balaban J connectivity index is 1.76. The first-order valence-electron chi connectivity index (χ1n) is 6.90. The lowest BCUT2D eigenvalue weighted by Crippen LogP contribution is -2.34. The van der Waals surface area contributed by atoms with Crippen molar-refractivity contribution in [1.82, 2.24) is 5.32 Å². The molecule has 0 saturated heterocycles. The van der Waals surface area contributed by atoms with Gasteiger partial charge in [0.25, 0.3) is 0 Å². The molecule has 0 spiro atoms. The molecule has 1 aromatic carbocycles. The Morgan fingerprint density at radius 3 is 2.94 bits per heavy atom. The zero-order valence-corrected chi connectivity index (χ0v) is 12.4. The summed E-state index contributed by atoms with van der Waals surface area (Å²) in [5, 5.41) is 3.83. The second kappa shape index (κ2) is 5.22. The van der Waals surface area contributed by atoms with Crippen molar-refractivity contribution in [1.29, 1.82) is 0 Å². The summed E-state index contributed by atoms with van der Waals surface area (Å²) in [5.41, 5.74) is 1.31. The van der Waals surface area contributed by atoms with Crippen LogP contribution in [0.5, 0.6) is 5.75 Å². The Labute approximate surface area is 117 Å². The molecule has 3 atom stereocenters. The van der Waals surface area contributed by atoms with Crippen LogP contribution in [-0.4, -0.2) is 12.6 Å². The first kappa shape index (κ1) is 12.5. The van der Waals surface area contributed by atoms with Crippen LogP contribution in [0.4, 0.5) is 0 Å². The molecule has 0 aromatic heterocycles. The highest BCUT2D eigenvalue weighted by atomic mass is 79.9. The smallest absolute Gasteiger partial charge is 0.124 e. The van der Waals surface area contributed by atoms with Crippen molar-refractivity contribution in [3.05, 3.63) is 28.2 Å². The highest BCUT2D eigenvalue weighted by Gasteiger charge is 2.27. The Bertz CT molecular complexity index is 435. The van der Waals surface area contributed by atoms with Gasteiger partial charge in [0.05, 0.1) is 6.61 Å². The average Bonchev–Trinajstić information content (AvgIpc) is 2.76. The maximum Gasteiger partial charge on any atom is 0.124 e. The zero-order chi connectivity index (χ0) is 12.5. The zero-order valence-electron chi connectivity index (χ0n) is 10.8. The van der Waals surface area contributed by atoms with Gasteiger partial charge in [0.2, 0.25) is 0 Å². The summed E-state index contributed by atoms with van der Waals surface area (Å²) >= 11 is 3.56. The lowest BCUT2D eigenvalue weighted by Gasteiger charge is -2.29. The van der Waals surface area contributed by atoms with Gasteiger partial charge in [-0.2, -0.15) is 0 Å². The molecule has 0 radical (unpaired) electrons. The third-order valence-corrected chi connectivity index (χ3v) is 4.64. The van der Waals surface area contributed by atoms with Crippen molar-refractivity contribution in [2.24, 2.45) is 5.92 Å². The molecule has 3 rings (SSSR count). The largest absolute Gasteiger partial charge is 0.493 e. The van der Waals surface area contributed by atoms with E-state index in [-0.39, 0.29) is 0 Å². The predicted molar refractivity (Wildman–Crippen MR) is 76.9 cm³/mol. The van der Waals surface area contributed by atoms with Gasteiger partial charge in [-0.05, 0) is 43.4 Å². The topological polar surface area (TPSA) is 21.3 Å². The van der Waals surface area contributed by atoms with Crippen molar-refractivity contribution in [2.75, 3.05) is 6.61 Å². The van der Waals surface area contributed by atoms with Gasteiger partial charge in [-0.15, -0.1) is 0 Å². The van der Waals surface area contributed by atoms with Gasteiger partial charge in [0.1, 0.15) is 5.75 Å². The summed E-state index contributed by atoms with van der Waals surface area (Å²) in [6, 6.07) is 7.48. The van der Waals surface area contributed by atoms with Crippen LogP contribution in [0.1, 0.15) is 44.2 Å². The molecule has 0 amide bonds. The van der Waals surface area contributed by atoms with Crippen LogP contribution in [0, 0.1) is 5.92 Å². The van der Waals surface area contributed by atoms with Gasteiger partial charge in [-0.3, -0.25) is 0 Å². The van der Waals surface area contributed by atoms with E-state index in [0.29, 0.717) is 12.1 Å². The SMILES string of the molecule is CC1CCC(NC2CCOc3ccc(Br)cc32)C1. The van der Waals surface area contributed by atoms with Crippen molar-refractivity contribution in [3.8, 4) is 5.75 Å². The van der Waals surface area contributed by atoms with Crippen LogP contribution in [0.15, 0.2) is 22.7 Å². The minimum atomic E-state index is 0.460. The molecule has 2 nitrogen and oxygen atoms in total. The Hall–Kier alpha value is -0.540. The maximum atomic E-state index is 5.73. The highest BCUT2D eigenvalue weighted by molar-refractivity contribution is 9.10. The summed E-state index contributed by atoms with van der Waals surface area (Å²) in [5.74, 6) is 1.93. The van der Waals surface area contributed by atoms with E-state index in [0.717, 1.165) is 29.2 Å². The summed E-state index contributed by atoms with van der Waals surface area (Å²) in [4.78, 5) is 0. The van der Waals surface area contributed by atoms with Gasteiger partial charge in [-0.1, -0.05) is 22.9 Å². The normalized spacial score (nSPS) is 30.9. The summed E-state index contributed by atoms with van der Waals surface area (Å²) < 4.78 is 6.87. The molecule has 1 aromatic rings. The third kappa shape index (κ3) is 2.57. The third-order valence-electron chi connectivity index (χ3n) is 4.14. The fourth-order valence-electron chi connectivity index (χ4n) is 3.18. The quantitative estimate of drug-likeness (QED) is 0.890. The van der Waals surface area contributed by atoms with E-state index in [4.69, 9.17) is 4.74 Å². The predicted octanol–water partition coefficient (Wildman–Crippen LogP) is 4.05. The summed E-state index contributed by atoms with van der Waals surface area (Å²) in [6.45, 7) is 3.19. The molecule has 1 aliphatic heterocycles.